The van der Waals surface area contributed by atoms with Crippen LogP contribution in [0.3, 0.4) is 0 Å². The molecule has 0 fully saturated rings. The summed E-state index contributed by atoms with van der Waals surface area (Å²) in [5.41, 5.74) is 9.65. The van der Waals surface area contributed by atoms with E-state index in [9.17, 15) is 0 Å². The third kappa shape index (κ3) is 17.7. The second kappa shape index (κ2) is 11.4. The smallest absolute Gasteiger partial charge is 1.00 e. The van der Waals surface area contributed by atoms with Crippen LogP contribution in [0.5, 0.6) is 0 Å². The molecule has 7 heteroatoms. The Morgan fingerprint density at radius 2 is 2.00 bits per heavy atom. The summed E-state index contributed by atoms with van der Waals surface area (Å²) in [7, 11) is 0. The number of nitrogens with zero attached hydrogens (tertiary/aromatic N) is 2. The van der Waals surface area contributed by atoms with Crippen molar-refractivity contribution in [3.05, 3.63) is 0 Å². The molecule has 0 radical (unpaired) electrons. The molecule has 0 aliphatic carbocycles. The third-order valence-electron chi connectivity index (χ3n) is 0.206. The molecule has 4 N–H and O–H groups in total. The normalized spacial score (nSPS) is 4.89. The van der Waals surface area contributed by atoms with Crippen molar-refractivity contribution in [2.24, 2.45) is 21.7 Å². The van der Waals surface area contributed by atoms with Gasteiger partial charge in [-0.15, -0.1) is 17.5 Å². The van der Waals surface area contributed by atoms with Gasteiger partial charge in [-0.25, -0.2) is 0 Å². The number of rotatable bonds is 1. The molecule has 0 aromatic carbocycles. The molecule has 0 aromatic rings. The molecule has 0 bridgehead atoms. The maximum Gasteiger partial charge on any atom is 2.00 e. The molecule has 0 saturated carbocycles. The summed E-state index contributed by atoms with van der Waals surface area (Å²) in [6.45, 7) is 0. The van der Waals surface area contributed by atoms with Gasteiger partial charge in [0, 0.05) is 0 Å². The monoisotopic (exact) mass is 194 g/mol. The fourth-order valence-electron chi connectivity index (χ4n) is 0.0781. The van der Waals surface area contributed by atoms with Crippen molar-refractivity contribution in [2.45, 2.75) is 0 Å². The second-order valence-electron chi connectivity index (χ2n) is 0.716. The first-order valence-electron chi connectivity index (χ1n) is 1.43. The SMILES string of the molecule is Cl.NC(N)=NN=C=S.[Ca+2].[H-].[H-]. The molecule has 0 spiro atoms. The Labute approximate surface area is 97.1 Å². The largest absolute Gasteiger partial charge is 2.00 e. The van der Waals surface area contributed by atoms with Crippen LogP contribution in [0.15, 0.2) is 10.2 Å². The minimum Gasteiger partial charge on any atom is -1.00 e. The fraction of sp³-hybridized carbons (Fsp3) is 0. The summed E-state index contributed by atoms with van der Waals surface area (Å²) < 4.78 is 0. The Morgan fingerprint density at radius 1 is 1.56 bits per heavy atom. The van der Waals surface area contributed by atoms with E-state index in [2.05, 4.69) is 22.4 Å². The van der Waals surface area contributed by atoms with Gasteiger partial charge in [0.05, 0.1) is 5.16 Å². The zero-order chi connectivity index (χ0) is 5.70. The van der Waals surface area contributed by atoms with E-state index in [0.717, 1.165) is 0 Å². The van der Waals surface area contributed by atoms with Crippen molar-refractivity contribution in [1.29, 1.82) is 0 Å². The van der Waals surface area contributed by atoms with Crippen molar-refractivity contribution < 1.29 is 2.85 Å². The second-order valence-corrected chi connectivity index (χ2v) is 0.899. The van der Waals surface area contributed by atoms with Crippen LogP contribution in [-0.4, -0.2) is 48.9 Å². The Bertz CT molecular complexity index is 134. The number of guanidine groups is 1. The van der Waals surface area contributed by atoms with Crippen molar-refractivity contribution in [2.75, 3.05) is 0 Å². The predicted molar refractivity (Wildman–Crippen MR) is 46.1 cm³/mol. The average Bonchev–Trinajstić information content (AvgIpc) is 1.61. The maximum atomic E-state index is 4.83. The minimum atomic E-state index is -0.114. The van der Waals surface area contributed by atoms with Gasteiger partial charge < -0.3 is 14.3 Å². The topological polar surface area (TPSA) is 76.8 Å². The average molecular weight is 195 g/mol. The van der Waals surface area contributed by atoms with Crippen LogP contribution in [0.1, 0.15) is 2.85 Å². The van der Waals surface area contributed by atoms with E-state index in [1.807, 2.05) is 5.16 Å². The zero-order valence-electron chi connectivity index (χ0n) is 6.57. The molecule has 0 aliphatic heterocycles. The predicted octanol–water partition coefficient (Wildman–Crippen LogP) is -0.456. The summed E-state index contributed by atoms with van der Waals surface area (Å²) >= 11 is 4.14. The Kier molecular flexibility index (Phi) is 20.7. The Balaban J connectivity index is -0.0000000300. The molecule has 4 nitrogen and oxygen atoms in total. The van der Waals surface area contributed by atoms with E-state index in [1.54, 1.807) is 0 Å². The van der Waals surface area contributed by atoms with Crippen LogP contribution in [0.25, 0.3) is 0 Å². The Hall–Kier alpha value is 0.620. The first kappa shape index (κ1) is 16.3. The molecule has 50 valence electrons. The van der Waals surface area contributed by atoms with Crippen molar-refractivity contribution in [3.63, 3.8) is 0 Å². The van der Waals surface area contributed by atoms with Crippen LogP contribution < -0.4 is 11.5 Å². The van der Waals surface area contributed by atoms with E-state index < -0.39 is 0 Å². The van der Waals surface area contributed by atoms with E-state index in [-0.39, 0.29) is 59.0 Å². The minimum absolute atomic E-state index is 0. The molecule has 0 atom stereocenters. The molecule has 0 saturated heterocycles. The summed E-state index contributed by atoms with van der Waals surface area (Å²) in [6.07, 6.45) is 0. The quantitative estimate of drug-likeness (QED) is 0.195. The van der Waals surface area contributed by atoms with E-state index in [1.165, 1.54) is 0 Å². The maximum absolute atomic E-state index is 4.83. The van der Waals surface area contributed by atoms with Gasteiger partial charge in [0.1, 0.15) is 0 Å². The summed E-state index contributed by atoms with van der Waals surface area (Å²) in [5.74, 6) is -0.114. The Morgan fingerprint density at radius 3 is 2.11 bits per heavy atom. The van der Waals surface area contributed by atoms with Crippen LogP contribution in [0, 0.1) is 0 Å². The number of hydrogen-bond acceptors (Lipinski definition) is 3. The van der Waals surface area contributed by atoms with Crippen molar-refractivity contribution in [1.82, 2.24) is 0 Å². The van der Waals surface area contributed by atoms with Gasteiger partial charge in [-0.05, 0) is 12.2 Å². The molecular weight excluding hydrogens is 188 g/mol. The number of isothiocyanates is 1. The standard InChI is InChI=1S/C2H4N4S.Ca.ClH.2H/c3-2(4)6-5-1-7;;;;/h(H4,3,4,6);;1H;;/q;+2;;2*-1. The summed E-state index contributed by atoms with van der Waals surface area (Å²) in [4.78, 5) is 0. The first-order valence-corrected chi connectivity index (χ1v) is 1.84. The van der Waals surface area contributed by atoms with Gasteiger partial charge >= 0.3 is 37.7 Å². The molecule has 0 unspecified atom stereocenters. The van der Waals surface area contributed by atoms with Crippen molar-refractivity contribution in [3.8, 4) is 0 Å². The van der Waals surface area contributed by atoms with Crippen molar-refractivity contribution >= 4 is 73.5 Å². The van der Waals surface area contributed by atoms with Gasteiger partial charge in [-0.1, -0.05) is 5.10 Å². The third-order valence-corrected chi connectivity index (χ3v) is 0.288. The molecule has 0 amide bonds. The molecule has 0 rings (SSSR count). The van der Waals surface area contributed by atoms with Gasteiger partial charge in [0.15, 0.2) is 0 Å². The number of thiocarbonyl (C=S) groups is 1. The zero-order valence-corrected chi connectivity index (χ0v) is 8.41. The van der Waals surface area contributed by atoms with E-state index in [4.69, 9.17) is 11.5 Å². The summed E-state index contributed by atoms with van der Waals surface area (Å²) in [6, 6.07) is 0. The molecule has 9 heavy (non-hydrogen) atoms. The van der Waals surface area contributed by atoms with Gasteiger partial charge in [-0.2, -0.15) is 0 Å². The van der Waals surface area contributed by atoms with Crippen LogP contribution in [-0.2, 0) is 0 Å². The fourth-order valence-corrected chi connectivity index (χ4v) is 0.119. The number of hydrogen-bond donors (Lipinski definition) is 2. The number of halogens is 1. The van der Waals surface area contributed by atoms with Gasteiger partial charge in [-0.3, -0.25) is 0 Å². The van der Waals surface area contributed by atoms with Crippen LogP contribution >= 0.6 is 24.6 Å². The summed E-state index contributed by atoms with van der Waals surface area (Å²) in [5, 5.41) is 8.16. The number of nitrogens with two attached hydrogens (primary N) is 2. The van der Waals surface area contributed by atoms with Crippen LogP contribution in [0.4, 0.5) is 0 Å². The van der Waals surface area contributed by atoms with E-state index in [0.29, 0.717) is 0 Å². The first-order chi connectivity index (χ1) is 3.27. The molecular formula is C2H7CaClN4S. The van der Waals surface area contributed by atoms with E-state index >= 15 is 0 Å². The molecule has 0 heterocycles. The molecule has 0 aromatic heterocycles. The molecule has 0 aliphatic rings. The van der Waals surface area contributed by atoms with Gasteiger partial charge in [0.25, 0.3) is 0 Å². The van der Waals surface area contributed by atoms with Gasteiger partial charge in [0.2, 0.25) is 5.96 Å². The van der Waals surface area contributed by atoms with Crippen LogP contribution in [0.2, 0.25) is 0 Å².